The van der Waals surface area contributed by atoms with Crippen LogP contribution in [0.25, 0.3) is 0 Å². The van der Waals surface area contributed by atoms with E-state index in [1.807, 2.05) is 0 Å². The number of hydrazone groups is 1. The maximum absolute atomic E-state index is 12.3. The summed E-state index contributed by atoms with van der Waals surface area (Å²) in [4.78, 5) is 16.2. The van der Waals surface area contributed by atoms with Crippen LogP contribution >= 0.6 is 0 Å². The lowest BCUT2D eigenvalue weighted by Crippen LogP contribution is -2.46. The van der Waals surface area contributed by atoms with Crippen LogP contribution in [0.4, 0.5) is 0 Å². The molecule has 2 unspecified atom stereocenters. The summed E-state index contributed by atoms with van der Waals surface area (Å²) in [6.07, 6.45) is 5.15. The van der Waals surface area contributed by atoms with Gasteiger partial charge in [0.15, 0.2) is 9.84 Å². The zero-order valence-corrected chi connectivity index (χ0v) is 12.4. The van der Waals surface area contributed by atoms with Gasteiger partial charge in [-0.05, 0) is 6.07 Å². The van der Waals surface area contributed by atoms with Crippen molar-refractivity contribution >= 4 is 22.0 Å². The fraction of sp³-hybridized carbons (Fsp3) is 0.417. The zero-order valence-electron chi connectivity index (χ0n) is 11.6. The van der Waals surface area contributed by atoms with Gasteiger partial charge in [-0.1, -0.05) is 0 Å². The normalized spacial score (nSPS) is 31.2. The van der Waals surface area contributed by atoms with E-state index >= 15 is 0 Å². The number of aromatic nitrogens is 1. The third kappa shape index (κ3) is 1.68. The number of rotatable bonds is 3. The molecule has 0 radical (unpaired) electrons. The van der Waals surface area contributed by atoms with Crippen molar-refractivity contribution in [1.29, 1.82) is 0 Å². The third-order valence-corrected chi connectivity index (χ3v) is 4.76. The molecule has 1 saturated heterocycles. The largest absolute Gasteiger partial charge is 0.343 e. The number of carbonyl (C=O) groups is 1. The van der Waals surface area contributed by atoms with Gasteiger partial charge in [-0.25, -0.2) is 13.4 Å². The summed E-state index contributed by atoms with van der Waals surface area (Å²) in [6, 6.07) is 1.36. The molecular formula is C12H13N3O5S. The molecule has 1 aromatic rings. The number of pyridine rings is 1. The number of ether oxygens (including phenoxy) is 2. The van der Waals surface area contributed by atoms with Gasteiger partial charge in [-0.15, -0.1) is 0 Å². The molecule has 0 N–H and O–H groups in total. The summed E-state index contributed by atoms with van der Waals surface area (Å²) in [5, 5.41) is 5.02. The molecule has 21 heavy (non-hydrogen) atoms. The van der Waals surface area contributed by atoms with Crippen LogP contribution in [0.2, 0.25) is 0 Å². The van der Waals surface area contributed by atoms with Gasteiger partial charge in [-0.2, -0.15) is 5.10 Å². The Hall–Kier alpha value is -1.84. The van der Waals surface area contributed by atoms with Crippen molar-refractivity contribution in [3.8, 4) is 0 Å². The number of likely N-dealkylation sites (N-methyl/N-ethyl adjacent to an activating group) is 1. The molecule has 1 fully saturated rings. The Balaban J connectivity index is 2.24. The molecule has 0 spiro atoms. The lowest BCUT2D eigenvalue weighted by Gasteiger charge is -2.24. The average molecular weight is 311 g/mol. The minimum atomic E-state index is -3.52. The molecule has 0 bridgehead atoms. The molecule has 1 aromatic heterocycles. The molecule has 0 aromatic carbocycles. The molecule has 3 rings (SSSR count). The number of methoxy groups -OCH3 is 1. The molecule has 1 amide bonds. The molecule has 3 heterocycles. The first-order chi connectivity index (χ1) is 9.78. The molecule has 2 atom stereocenters. The Morgan fingerprint density at radius 3 is 2.76 bits per heavy atom. The van der Waals surface area contributed by atoms with E-state index in [2.05, 4.69) is 10.1 Å². The number of amides is 1. The Kier molecular flexibility index (Phi) is 2.75. The van der Waals surface area contributed by atoms with Crippen LogP contribution in [-0.4, -0.2) is 56.7 Å². The molecule has 8 nitrogen and oxygen atoms in total. The van der Waals surface area contributed by atoms with Gasteiger partial charge in [0.05, 0.1) is 11.1 Å². The van der Waals surface area contributed by atoms with Crippen molar-refractivity contribution < 1.29 is 22.7 Å². The molecule has 2 aliphatic rings. The van der Waals surface area contributed by atoms with Crippen LogP contribution in [0.1, 0.15) is 5.56 Å². The highest BCUT2D eigenvalue weighted by molar-refractivity contribution is 7.90. The summed E-state index contributed by atoms with van der Waals surface area (Å²) in [7, 11) is -0.736. The predicted octanol–water partition coefficient (Wildman–Crippen LogP) is -0.489. The van der Waals surface area contributed by atoms with E-state index < -0.39 is 27.1 Å². The van der Waals surface area contributed by atoms with Gasteiger partial charge < -0.3 is 9.47 Å². The maximum atomic E-state index is 12.3. The second-order valence-electron chi connectivity index (χ2n) is 4.88. The summed E-state index contributed by atoms with van der Waals surface area (Å²) in [5.41, 5.74) is -1.13. The van der Waals surface area contributed by atoms with Crippen molar-refractivity contribution in [3.05, 3.63) is 24.0 Å². The SMILES string of the molecule is COC12OC1(c1cnccc1S(C)(=O)=O)C=NN(C)C2=O. The number of fused-ring (bicyclic) bond motifs is 1. The quantitative estimate of drug-likeness (QED) is 0.698. The average Bonchev–Trinajstić information content (AvgIpc) is 3.14. The Labute approximate surface area is 121 Å². The molecule has 0 aliphatic carbocycles. The first-order valence-electron chi connectivity index (χ1n) is 6.02. The summed E-state index contributed by atoms with van der Waals surface area (Å²) >= 11 is 0. The van der Waals surface area contributed by atoms with Crippen LogP contribution in [-0.2, 0) is 29.7 Å². The van der Waals surface area contributed by atoms with E-state index in [4.69, 9.17) is 9.47 Å². The van der Waals surface area contributed by atoms with E-state index in [9.17, 15) is 13.2 Å². The summed E-state index contributed by atoms with van der Waals surface area (Å²) in [5.74, 6) is -2.10. The highest BCUT2D eigenvalue weighted by atomic mass is 32.2. The van der Waals surface area contributed by atoms with Crippen LogP contribution in [0, 0.1) is 0 Å². The first kappa shape index (κ1) is 14.1. The van der Waals surface area contributed by atoms with Crippen LogP contribution in [0.3, 0.4) is 0 Å². The van der Waals surface area contributed by atoms with E-state index in [1.165, 1.54) is 38.8 Å². The number of hydrogen-bond acceptors (Lipinski definition) is 7. The van der Waals surface area contributed by atoms with Gasteiger partial charge in [0, 0.05) is 38.4 Å². The van der Waals surface area contributed by atoms with Gasteiger partial charge in [0.1, 0.15) is 0 Å². The minimum absolute atomic E-state index is 0.0280. The Bertz CT molecular complexity index is 762. The summed E-state index contributed by atoms with van der Waals surface area (Å²) < 4.78 is 34.6. The Morgan fingerprint density at radius 1 is 1.43 bits per heavy atom. The van der Waals surface area contributed by atoms with Gasteiger partial charge >= 0.3 is 5.91 Å². The highest BCUT2D eigenvalue weighted by Crippen LogP contribution is 2.58. The highest BCUT2D eigenvalue weighted by Gasteiger charge is 2.80. The maximum Gasteiger partial charge on any atom is 0.306 e. The molecule has 112 valence electrons. The lowest BCUT2D eigenvalue weighted by atomic mass is 9.93. The first-order valence-corrected chi connectivity index (χ1v) is 7.91. The fourth-order valence-electron chi connectivity index (χ4n) is 2.51. The molecule has 0 saturated carbocycles. The van der Waals surface area contributed by atoms with Crippen molar-refractivity contribution in [2.45, 2.75) is 16.3 Å². The molecule has 2 aliphatic heterocycles. The number of nitrogens with zero attached hydrogens (tertiary/aromatic N) is 3. The lowest BCUT2D eigenvalue weighted by molar-refractivity contribution is -0.153. The van der Waals surface area contributed by atoms with Crippen LogP contribution in [0.15, 0.2) is 28.5 Å². The van der Waals surface area contributed by atoms with E-state index in [0.717, 1.165) is 11.3 Å². The predicted molar refractivity (Wildman–Crippen MR) is 71.1 cm³/mol. The molecule has 9 heteroatoms. The minimum Gasteiger partial charge on any atom is -0.343 e. The van der Waals surface area contributed by atoms with Gasteiger partial charge in [0.2, 0.25) is 5.60 Å². The number of carbonyl (C=O) groups excluding carboxylic acids is 1. The molecular weight excluding hydrogens is 298 g/mol. The van der Waals surface area contributed by atoms with Crippen molar-refractivity contribution in [3.63, 3.8) is 0 Å². The van der Waals surface area contributed by atoms with Gasteiger partial charge in [0.25, 0.3) is 5.79 Å². The smallest absolute Gasteiger partial charge is 0.306 e. The van der Waals surface area contributed by atoms with E-state index in [-0.39, 0.29) is 10.5 Å². The number of sulfone groups is 1. The summed E-state index contributed by atoms with van der Waals surface area (Å²) in [6.45, 7) is 0. The van der Waals surface area contributed by atoms with Crippen molar-refractivity contribution in [2.75, 3.05) is 20.4 Å². The zero-order chi connectivity index (χ0) is 15.5. The standard InChI is InChI=1S/C12H13N3O5S/c1-15-10(16)12(19-2)11(20-12,7-14-15)8-6-13-5-4-9(8)21(3,17)18/h4-7H,1-3H3. The Morgan fingerprint density at radius 2 is 2.14 bits per heavy atom. The van der Waals surface area contributed by atoms with Crippen molar-refractivity contribution in [2.24, 2.45) is 5.10 Å². The second kappa shape index (κ2) is 4.09. The van der Waals surface area contributed by atoms with E-state index in [1.54, 1.807) is 0 Å². The van der Waals surface area contributed by atoms with E-state index in [0.29, 0.717) is 0 Å². The monoisotopic (exact) mass is 311 g/mol. The van der Waals surface area contributed by atoms with Crippen LogP contribution < -0.4 is 0 Å². The fourth-order valence-corrected chi connectivity index (χ4v) is 3.43. The van der Waals surface area contributed by atoms with Gasteiger partial charge in [-0.3, -0.25) is 9.78 Å². The van der Waals surface area contributed by atoms with Crippen LogP contribution in [0.5, 0.6) is 0 Å². The number of hydrogen-bond donors (Lipinski definition) is 0. The topological polar surface area (TPSA) is 101 Å². The number of epoxide rings is 1. The second-order valence-corrected chi connectivity index (χ2v) is 6.86. The van der Waals surface area contributed by atoms with Crippen molar-refractivity contribution in [1.82, 2.24) is 9.99 Å². The third-order valence-electron chi connectivity index (χ3n) is 3.61.